The van der Waals surface area contributed by atoms with Crippen molar-refractivity contribution in [1.82, 2.24) is 4.98 Å². The monoisotopic (exact) mass is 385 g/mol. The molecule has 2 saturated heterocycles. The van der Waals surface area contributed by atoms with Crippen molar-refractivity contribution in [2.45, 2.75) is 50.4 Å². The van der Waals surface area contributed by atoms with Crippen molar-refractivity contribution in [3.8, 4) is 0 Å². The largest absolute Gasteiger partial charge is 0.382 e. The Kier molecular flexibility index (Phi) is 3.73. The van der Waals surface area contributed by atoms with Gasteiger partial charge in [-0.1, -0.05) is 55.5 Å². The Hall–Kier alpha value is -2.23. The van der Waals surface area contributed by atoms with Gasteiger partial charge in [-0.3, -0.25) is 4.98 Å². The lowest BCUT2D eigenvalue weighted by molar-refractivity contribution is -1.03. The Labute approximate surface area is 172 Å². The van der Waals surface area contributed by atoms with Crippen molar-refractivity contribution >= 4 is 10.9 Å². The van der Waals surface area contributed by atoms with E-state index in [2.05, 4.69) is 54.4 Å². The van der Waals surface area contributed by atoms with E-state index in [-0.39, 0.29) is 6.04 Å². The number of nitrogens with zero attached hydrogens (tertiary/aromatic N) is 2. The highest BCUT2D eigenvalue weighted by Crippen LogP contribution is 2.76. The van der Waals surface area contributed by atoms with Crippen LogP contribution in [0.3, 0.4) is 0 Å². The van der Waals surface area contributed by atoms with E-state index in [1.54, 1.807) is 0 Å². The first-order valence-corrected chi connectivity index (χ1v) is 11.1. The molecule has 3 fully saturated rings. The van der Waals surface area contributed by atoms with Gasteiger partial charge in [-0.15, -0.1) is 0 Å². The first-order valence-electron chi connectivity index (χ1n) is 11.1. The summed E-state index contributed by atoms with van der Waals surface area (Å²) in [6.07, 6.45) is 5.19. The summed E-state index contributed by atoms with van der Waals surface area (Å²) < 4.78 is 1.10. The van der Waals surface area contributed by atoms with Gasteiger partial charge in [0.25, 0.3) is 0 Å². The zero-order valence-electron chi connectivity index (χ0n) is 17.0. The number of fused-ring (bicyclic) bond motifs is 1. The molecule has 2 aromatic carbocycles. The smallest absolute Gasteiger partial charge is 0.132 e. The summed E-state index contributed by atoms with van der Waals surface area (Å²) in [5, 5.41) is 12.8. The van der Waals surface area contributed by atoms with Crippen LogP contribution >= 0.6 is 0 Å². The summed E-state index contributed by atoms with van der Waals surface area (Å²) >= 11 is 0. The van der Waals surface area contributed by atoms with E-state index in [0.29, 0.717) is 5.54 Å². The van der Waals surface area contributed by atoms with E-state index in [4.69, 9.17) is 0 Å². The van der Waals surface area contributed by atoms with E-state index in [0.717, 1.165) is 39.3 Å². The molecule has 29 heavy (non-hydrogen) atoms. The predicted molar refractivity (Wildman–Crippen MR) is 115 cm³/mol. The third kappa shape index (κ3) is 2.18. The van der Waals surface area contributed by atoms with Gasteiger partial charge in [0, 0.05) is 35.4 Å². The predicted octanol–water partition coefficient (Wildman–Crippen LogP) is 4.86. The zero-order chi connectivity index (χ0) is 19.6. The molecule has 3 aromatic rings. The highest BCUT2D eigenvalue weighted by molar-refractivity contribution is 5.82. The Balaban J connectivity index is 1.41. The maximum absolute atomic E-state index is 11.7. The molecule has 3 nitrogen and oxygen atoms in total. The number of piperidine rings is 1. The van der Waals surface area contributed by atoms with Crippen molar-refractivity contribution in [3.05, 3.63) is 78.0 Å². The molecular weight excluding hydrogens is 356 g/mol. The molecule has 1 N–H and O–H groups in total. The van der Waals surface area contributed by atoms with Crippen LogP contribution in [0.15, 0.2) is 66.9 Å². The third-order valence-corrected chi connectivity index (χ3v) is 8.61. The summed E-state index contributed by atoms with van der Waals surface area (Å²) in [6, 6.07) is 21.5. The zero-order valence-corrected chi connectivity index (χ0v) is 17.0. The molecule has 3 heterocycles. The van der Waals surface area contributed by atoms with Crippen molar-refractivity contribution in [3.63, 3.8) is 0 Å². The van der Waals surface area contributed by atoms with Gasteiger partial charge >= 0.3 is 0 Å². The van der Waals surface area contributed by atoms with Crippen molar-refractivity contribution in [2.75, 3.05) is 6.54 Å². The van der Waals surface area contributed by atoms with Crippen LogP contribution < -0.4 is 0 Å². The van der Waals surface area contributed by atoms with Crippen LogP contribution in [0.2, 0.25) is 0 Å². The standard InChI is InChI=1S/C26H29N2O/c1-2-21-22-13-15-28(17-18-8-4-3-5-9-18)24(16-26(21,22)28)25(29)20-12-14-27-23-11-7-6-10-19(20)23/h3-12,14,21-22,24-25,29H,2,13,15-17H2,1H3/q+1. The maximum atomic E-state index is 11.7. The Morgan fingerprint density at radius 3 is 2.69 bits per heavy atom. The molecule has 6 rings (SSSR count). The van der Waals surface area contributed by atoms with E-state index < -0.39 is 6.10 Å². The number of hydrogen-bond donors (Lipinski definition) is 1. The van der Waals surface area contributed by atoms with Gasteiger partial charge in [-0.05, 0) is 24.1 Å². The second-order valence-corrected chi connectivity index (χ2v) is 9.44. The van der Waals surface area contributed by atoms with Gasteiger partial charge in [-0.25, -0.2) is 0 Å². The quantitative estimate of drug-likeness (QED) is 0.637. The second-order valence-electron chi connectivity index (χ2n) is 9.44. The van der Waals surface area contributed by atoms with E-state index in [1.807, 2.05) is 24.4 Å². The number of aliphatic hydroxyl groups excluding tert-OH is 1. The number of pyridine rings is 1. The second kappa shape index (κ2) is 6.13. The summed E-state index contributed by atoms with van der Waals surface area (Å²) in [5.74, 6) is 1.71. The number of benzene rings is 2. The van der Waals surface area contributed by atoms with E-state index >= 15 is 0 Å². The number of aromatic nitrogens is 1. The molecule has 3 heteroatoms. The van der Waals surface area contributed by atoms with Crippen molar-refractivity contribution < 1.29 is 9.59 Å². The third-order valence-electron chi connectivity index (χ3n) is 8.61. The van der Waals surface area contributed by atoms with Gasteiger partial charge in [0.15, 0.2) is 0 Å². The van der Waals surface area contributed by atoms with Crippen LogP contribution in [-0.4, -0.2) is 32.7 Å². The number of para-hydroxylation sites is 1. The van der Waals surface area contributed by atoms with Gasteiger partial charge in [-0.2, -0.15) is 0 Å². The number of aliphatic hydroxyl groups is 1. The molecule has 148 valence electrons. The SMILES string of the molecule is CCC1C2CC[N+]3(Cc4ccccc4)C(C(O)c4ccnc5ccccc45)CC123. The van der Waals surface area contributed by atoms with Crippen LogP contribution in [0.25, 0.3) is 10.9 Å². The lowest BCUT2D eigenvalue weighted by Gasteiger charge is -2.60. The first kappa shape index (κ1) is 17.6. The lowest BCUT2D eigenvalue weighted by Crippen LogP contribution is -2.73. The molecule has 1 aromatic heterocycles. The fourth-order valence-electron chi connectivity index (χ4n) is 7.49. The molecule has 1 saturated carbocycles. The number of quaternary nitrogens is 1. The average molecular weight is 386 g/mol. The highest BCUT2D eigenvalue weighted by atomic mass is 16.3. The summed E-state index contributed by atoms with van der Waals surface area (Å²) in [5.41, 5.74) is 3.87. The fraction of sp³-hybridized carbons (Fsp3) is 0.423. The van der Waals surface area contributed by atoms with Crippen LogP contribution in [0.5, 0.6) is 0 Å². The minimum Gasteiger partial charge on any atom is -0.382 e. The number of rotatable bonds is 5. The molecule has 0 amide bonds. The minimum absolute atomic E-state index is 0.280. The summed E-state index contributed by atoms with van der Waals surface area (Å²) in [7, 11) is 0. The van der Waals surface area contributed by atoms with Crippen molar-refractivity contribution in [1.29, 1.82) is 0 Å². The Morgan fingerprint density at radius 1 is 1.10 bits per heavy atom. The van der Waals surface area contributed by atoms with Crippen molar-refractivity contribution in [2.24, 2.45) is 11.8 Å². The first-order chi connectivity index (χ1) is 14.2. The van der Waals surface area contributed by atoms with E-state index in [1.165, 1.54) is 31.4 Å². The summed E-state index contributed by atoms with van der Waals surface area (Å²) in [6.45, 7) is 4.62. The van der Waals surface area contributed by atoms with Crippen LogP contribution in [0.4, 0.5) is 0 Å². The fourth-order valence-corrected chi connectivity index (χ4v) is 7.49. The molecule has 3 aliphatic rings. The Bertz CT molecular complexity index is 1060. The molecule has 0 bridgehead atoms. The number of hydrogen-bond acceptors (Lipinski definition) is 2. The van der Waals surface area contributed by atoms with Gasteiger partial charge in [0.05, 0.1) is 18.5 Å². The highest BCUT2D eigenvalue weighted by Gasteiger charge is 2.87. The lowest BCUT2D eigenvalue weighted by atomic mass is 9.77. The molecule has 0 radical (unpaired) electrons. The molecular formula is C26H29N2O+. The van der Waals surface area contributed by atoms with Gasteiger partial charge in [0.1, 0.15) is 24.2 Å². The average Bonchev–Trinajstić information content (AvgIpc) is 3.37. The topological polar surface area (TPSA) is 33.1 Å². The van der Waals surface area contributed by atoms with Gasteiger partial charge < -0.3 is 9.59 Å². The van der Waals surface area contributed by atoms with E-state index in [9.17, 15) is 5.11 Å². The van der Waals surface area contributed by atoms with Gasteiger partial charge in [0.2, 0.25) is 0 Å². The van der Waals surface area contributed by atoms with Crippen LogP contribution in [-0.2, 0) is 6.54 Å². The summed E-state index contributed by atoms with van der Waals surface area (Å²) in [4.78, 5) is 4.51. The Morgan fingerprint density at radius 2 is 1.90 bits per heavy atom. The normalized spacial score (nSPS) is 35.6. The molecule has 6 unspecified atom stereocenters. The van der Waals surface area contributed by atoms with Crippen LogP contribution in [0, 0.1) is 11.8 Å². The molecule has 1 spiro atoms. The minimum atomic E-state index is -0.436. The molecule has 1 aliphatic carbocycles. The maximum Gasteiger partial charge on any atom is 0.132 e. The molecule has 6 atom stereocenters. The van der Waals surface area contributed by atoms with Crippen LogP contribution in [0.1, 0.15) is 43.4 Å². The molecule has 2 aliphatic heterocycles.